The van der Waals surface area contributed by atoms with Crippen molar-refractivity contribution in [3.05, 3.63) is 12.2 Å². The number of carboxylic acid groups (broad SMARTS) is 1. The number of hydrogen-bond donors (Lipinski definition) is 1. The van der Waals surface area contributed by atoms with Crippen molar-refractivity contribution in [2.75, 3.05) is 39.3 Å². The summed E-state index contributed by atoms with van der Waals surface area (Å²) in [6, 6.07) is 0.260. The highest BCUT2D eigenvalue weighted by molar-refractivity contribution is 5.98. The number of carbonyl (C=O) groups is 5. The zero-order valence-corrected chi connectivity index (χ0v) is 26.0. The number of piperidine rings is 2. The van der Waals surface area contributed by atoms with E-state index in [9.17, 15) is 24.0 Å². The van der Waals surface area contributed by atoms with Crippen LogP contribution in [0.25, 0.3) is 0 Å². The van der Waals surface area contributed by atoms with Gasteiger partial charge in [0.1, 0.15) is 17.1 Å². The van der Waals surface area contributed by atoms with Crippen molar-refractivity contribution in [2.24, 2.45) is 5.92 Å². The van der Waals surface area contributed by atoms with Gasteiger partial charge in [0.25, 0.3) is 0 Å². The van der Waals surface area contributed by atoms with E-state index in [1.165, 1.54) is 0 Å². The van der Waals surface area contributed by atoms with Gasteiger partial charge in [-0.15, -0.1) is 0 Å². The molecule has 42 heavy (non-hydrogen) atoms. The Bertz CT molecular complexity index is 1050. The van der Waals surface area contributed by atoms with Crippen LogP contribution in [0.4, 0.5) is 9.59 Å². The molecule has 4 saturated heterocycles. The maximum Gasteiger partial charge on any atom is 0.410 e. The van der Waals surface area contributed by atoms with Gasteiger partial charge >= 0.3 is 18.2 Å². The molecule has 1 atom stereocenters. The van der Waals surface area contributed by atoms with Crippen LogP contribution in [-0.2, 0) is 23.9 Å². The fourth-order valence-corrected chi connectivity index (χ4v) is 5.68. The van der Waals surface area contributed by atoms with E-state index in [2.05, 4.69) is 6.58 Å². The molecule has 0 aromatic carbocycles. The van der Waals surface area contributed by atoms with Crippen LogP contribution >= 0.6 is 0 Å². The summed E-state index contributed by atoms with van der Waals surface area (Å²) < 4.78 is 10.7. The Balaban J connectivity index is 0.000000231. The largest absolute Gasteiger partial charge is 0.481 e. The Morgan fingerprint density at radius 3 is 1.48 bits per heavy atom. The van der Waals surface area contributed by atoms with Crippen LogP contribution in [-0.4, -0.2) is 117 Å². The number of aliphatic carboxylic acids is 1. The summed E-state index contributed by atoms with van der Waals surface area (Å²) in [7, 11) is 0. The van der Waals surface area contributed by atoms with Crippen molar-refractivity contribution in [2.45, 2.75) is 103 Å². The second kappa shape index (κ2) is 13.3. The second-order valence-electron chi connectivity index (χ2n) is 13.5. The molecule has 0 spiro atoms. The van der Waals surface area contributed by atoms with Crippen LogP contribution in [0, 0.1) is 5.92 Å². The van der Waals surface area contributed by atoms with Crippen molar-refractivity contribution in [1.82, 2.24) is 19.6 Å². The molecule has 1 unspecified atom stereocenters. The molecule has 4 rings (SSSR count). The van der Waals surface area contributed by atoms with Crippen LogP contribution in [0.15, 0.2) is 12.2 Å². The third kappa shape index (κ3) is 8.84. The van der Waals surface area contributed by atoms with E-state index >= 15 is 0 Å². The first kappa shape index (κ1) is 33.2. The molecular weight excluding hydrogens is 544 g/mol. The molecule has 0 aromatic rings. The van der Waals surface area contributed by atoms with Gasteiger partial charge in [-0.1, -0.05) is 6.58 Å². The quantitative estimate of drug-likeness (QED) is 0.389. The zero-order valence-electron chi connectivity index (χ0n) is 26.0. The third-order valence-corrected chi connectivity index (χ3v) is 7.87. The third-order valence-electron chi connectivity index (χ3n) is 7.87. The topological polar surface area (TPSA) is 137 Å². The van der Waals surface area contributed by atoms with Gasteiger partial charge in [0.15, 0.2) is 0 Å². The van der Waals surface area contributed by atoms with Crippen molar-refractivity contribution in [1.29, 1.82) is 0 Å². The van der Waals surface area contributed by atoms with Gasteiger partial charge in [0.2, 0.25) is 11.8 Å². The number of amides is 4. The number of rotatable bonds is 3. The minimum atomic E-state index is -1.04. The Morgan fingerprint density at radius 1 is 0.714 bits per heavy atom. The van der Waals surface area contributed by atoms with Crippen LogP contribution < -0.4 is 0 Å². The lowest BCUT2D eigenvalue weighted by atomic mass is 10.0. The summed E-state index contributed by atoms with van der Waals surface area (Å²) in [5, 5.41) is 9.01. The molecule has 4 heterocycles. The molecule has 0 saturated carbocycles. The molecule has 0 aliphatic carbocycles. The van der Waals surface area contributed by atoms with Gasteiger partial charge in [0, 0.05) is 56.9 Å². The second-order valence-corrected chi connectivity index (χ2v) is 13.5. The first-order chi connectivity index (χ1) is 19.5. The normalized spacial score (nSPS) is 22.7. The summed E-state index contributed by atoms with van der Waals surface area (Å²) in [4.78, 5) is 65.9. The number of carbonyl (C=O) groups excluding carboxylic acids is 4. The first-order valence-electron chi connectivity index (χ1n) is 14.9. The van der Waals surface area contributed by atoms with Crippen molar-refractivity contribution < 1.29 is 38.6 Å². The number of hydrogen-bond acceptors (Lipinski definition) is 7. The molecule has 4 aliphatic rings. The molecule has 0 bridgehead atoms. The average Bonchev–Trinajstić information content (AvgIpc) is 3.44. The predicted molar refractivity (Wildman–Crippen MR) is 155 cm³/mol. The molecule has 12 nitrogen and oxygen atoms in total. The van der Waals surface area contributed by atoms with Crippen molar-refractivity contribution in [3.8, 4) is 0 Å². The smallest absolute Gasteiger partial charge is 0.410 e. The van der Waals surface area contributed by atoms with E-state index in [1.54, 1.807) is 14.7 Å². The monoisotopic (exact) mass is 592 g/mol. The Morgan fingerprint density at radius 2 is 1.14 bits per heavy atom. The molecule has 236 valence electrons. The Hall–Kier alpha value is -3.31. The lowest BCUT2D eigenvalue weighted by Gasteiger charge is -2.37. The molecular formula is C30H48N4O8. The summed E-state index contributed by atoms with van der Waals surface area (Å²) in [5.41, 5.74) is -0.274. The zero-order chi connectivity index (χ0) is 31.4. The summed E-state index contributed by atoms with van der Waals surface area (Å²) in [5.74, 6) is -2.15. The molecule has 0 aromatic heterocycles. The Labute approximate surface area is 248 Å². The lowest BCUT2D eigenvalue weighted by molar-refractivity contribution is -0.148. The molecule has 4 amide bonds. The van der Waals surface area contributed by atoms with Crippen molar-refractivity contribution >= 4 is 30.0 Å². The van der Waals surface area contributed by atoms with E-state index in [4.69, 9.17) is 14.6 Å². The number of likely N-dealkylation sites (tertiary alicyclic amines) is 4. The molecule has 1 N–H and O–H groups in total. The molecule has 4 fully saturated rings. The Kier molecular flexibility index (Phi) is 10.5. The van der Waals surface area contributed by atoms with E-state index in [0.29, 0.717) is 57.6 Å². The maximum atomic E-state index is 12.1. The first-order valence-corrected chi connectivity index (χ1v) is 14.9. The van der Waals surface area contributed by atoms with E-state index < -0.39 is 23.1 Å². The van der Waals surface area contributed by atoms with Crippen LogP contribution in [0.5, 0.6) is 0 Å². The minimum Gasteiger partial charge on any atom is -0.481 e. The van der Waals surface area contributed by atoms with Gasteiger partial charge in [0.05, 0.1) is 0 Å². The summed E-state index contributed by atoms with van der Waals surface area (Å²) >= 11 is 0. The predicted octanol–water partition coefficient (Wildman–Crippen LogP) is 3.49. The highest BCUT2D eigenvalue weighted by Crippen LogP contribution is 2.27. The fraction of sp³-hybridized carbons (Fsp3) is 0.767. The van der Waals surface area contributed by atoms with Gasteiger partial charge < -0.3 is 34.2 Å². The van der Waals surface area contributed by atoms with E-state index in [-0.39, 0.29) is 36.1 Å². The molecule has 0 radical (unpaired) electrons. The minimum absolute atomic E-state index is 0.0236. The van der Waals surface area contributed by atoms with Gasteiger partial charge in [-0.25, -0.2) is 9.59 Å². The number of carboxylic acids is 1. The van der Waals surface area contributed by atoms with Crippen LogP contribution in [0.3, 0.4) is 0 Å². The van der Waals surface area contributed by atoms with E-state index in [0.717, 1.165) is 25.8 Å². The summed E-state index contributed by atoms with van der Waals surface area (Å²) in [6.07, 6.45) is 3.52. The SMILES string of the molecule is C=C1CCN(C2CCN(C(=O)OC(C)(C)C)CC2)C1=O.CC(C)(C)OC(=O)N1CCC(N2CCC(C(=O)O)C2=O)CC1. The van der Waals surface area contributed by atoms with Crippen LogP contribution in [0.2, 0.25) is 0 Å². The average molecular weight is 593 g/mol. The number of ether oxygens (including phenoxy) is 2. The number of nitrogens with zero attached hydrogens (tertiary/aromatic N) is 4. The standard InChI is InChI=1S/C15H24N2O5.C15H24N2O3/c1-15(2,3)22-14(21)16-7-4-10(5-8-16)17-9-6-11(12(17)18)13(19)20;1-11-5-10-17(13(11)18)12-6-8-16(9-7-12)14(19)20-15(2,3)4/h10-11H,4-9H2,1-3H3,(H,19,20);12H,1,5-10H2,2-4H3. The van der Waals surface area contributed by atoms with Gasteiger partial charge in [-0.2, -0.15) is 0 Å². The van der Waals surface area contributed by atoms with Gasteiger partial charge in [-0.3, -0.25) is 14.4 Å². The van der Waals surface area contributed by atoms with Crippen LogP contribution in [0.1, 0.15) is 80.1 Å². The summed E-state index contributed by atoms with van der Waals surface area (Å²) in [6.45, 7) is 18.5. The highest BCUT2D eigenvalue weighted by Gasteiger charge is 2.41. The molecule has 4 aliphatic heterocycles. The highest BCUT2D eigenvalue weighted by atomic mass is 16.6. The van der Waals surface area contributed by atoms with Crippen molar-refractivity contribution in [3.63, 3.8) is 0 Å². The van der Waals surface area contributed by atoms with Gasteiger partial charge in [-0.05, 0) is 80.1 Å². The maximum absolute atomic E-state index is 12.1. The van der Waals surface area contributed by atoms with E-state index in [1.807, 2.05) is 46.4 Å². The molecule has 12 heteroatoms. The fourth-order valence-electron chi connectivity index (χ4n) is 5.68. The lowest BCUT2D eigenvalue weighted by Crippen LogP contribution is -2.48.